The minimum atomic E-state index is -0.0439. The number of ether oxygens (including phenoxy) is 3. The Hall–Kier alpha value is -3.27. The first-order chi connectivity index (χ1) is 12.7. The van der Waals surface area contributed by atoms with E-state index in [2.05, 4.69) is 0 Å². The molecule has 130 valence electrons. The predicted octanol–water partition coefficient (Wildman–Crippen LogP) is 4.52. The van der Waals surface area contributed by atoms with Crippen molar-refractivity contribution in [1.82, 2.24) is 0 Å². The van der Waals surface area contributed by atoms with Gasteiger partial charge in [-0.2, -0.15) is 0 Å². The van der Waals surface area contributed by atoms with Gasteiger partial charge in [0.05, 0.1) is 7.11 Å². The zero-order valence-corrected chi connectivity index (χ0v) is 14.4. The minimum Gasteiger partial charge on any atom is -0.497 e. The van der Waals surface area contributed by atoms with Crippen molar-refractivity contribution in [1.29, 1.82) is 0 Å². The molecular weight excluding hydrogens is 328 g/mol. The summed E-state index contributed by atoms with van der Waals surface area (Å²) >= 11 is 0. The van der Waals surface area contributed by atoms with Gasteiger partial charge in [0.25, 0.3) is 0 Å². The van der Waals surface area contributed by atoms with Crippen molar-refractivity contribution in [2.75, 3.05) is 20.3 Å². The Morgan fingerprint density at radius 3 is 2.54 bits per heavy atom. The largest absolute Gasteiger partial charge is 0.497 e. The molecule has 0 aliphatic carbocycles. The van der Waals surface area contributed by atoms with Gasteiger partial charge in [-0.05, 0) is 52.7 Å². The minimum absolute atomic E-state index is 0.0439. The normalized spacial score (nSPS) is 13.1. The van der Waals surface area contributed by atoms with Crippen LogP contribution in [-0.4, -0.2) is 26.1 Å². The summed E-state index contributed by atoms with van der Waals surface area (Å²) in [5.74, 6) is 2.21. The molecule has 0 fully saturated rings. The summed E-state index contributed by atoms with van der Waals surface area (Å²) in [5.41, 5.74) is 1.55. The molecule has 0 spiro atoms. The van der Waals surface area contributed by atoms with Gasteiger partial charge < -0.3 is 14.2 Å². The Bertz CT molecular complexity index is 1000. The summed E-state index contributed by atoms with van der Waals surface area (Å²) in [6, 6.07) is 17.1. The smallest absolute Gasteiger partial charge is 0.185 e. The van der Waals surface area contributed by atoms with Crippen LogP contribution in [0, 0.1) is 0 Å². The number of fused-ring (bicyclic) bond motifs is 2. The van der Waals surface area contributed by atoms with Crippen molar-refractivity contribution in [2.24, 2.45) is 0 Å². The maximum atomic E-state index is 12.5. The number of carbonyl (C=O) groups excluding carboxylic acids is 1. The van der Waals surface area contributed by atoms with E-state index in [0.29, 0.717) is 24.5 Å². The highest BCUT2D eigenvalue weighted by molar-refractivity contribution is 6.08. The monoisotopic (exact) mass is 346 g/mol. The lowest BCUT2D eigenvalue weighted by Gasteiger charge is -2.18. The lowest BCUT2D eigenvalue weighted by molar-refractivity contribution is 0.104. The number of hydrogen-bond acceptors (Lipinski definition) is 4. The number of ketones is 1. The molecule has 4 nitrogen and oxygen atoms in total. The molecule has 0 saturated carbocycles. The van der Waals surface area contributed by atoms with Gasteiger partial charge in [-0.25, -0.2) is 0 Å². The number of benzene rings is 3. The molecule has 3 aromatic carbocycles. The van der Waals surface area contributed by atoms with E-state index in [1.54, 1.807) is 19.3 Å². The molecular formula is C22H18O4. The van der Waals surface area contributed by atoms with Crippen molar-refractivity contribution in [3.05, 3.63) is 71.8 Å². The van der Waals surface area contributed by atoms with E-state index >= 15 is 0 Å². The molecule has 1 heterocycles. The maximum absolute atomic E-state index is 12.5. The summed E-state index contributed by atoms with van der Waals surface area (Å²) < 4.78 is 16.3. The molecule has 1 aliphatic rings. The summed E-state index contributed by atoms with van der Waals surface area (Å²) in [5, 5.41) is 2.04. The third kappa shape index (κ3) is 3.26. The van der Waals surface area contributed by atoms with E-state index in [4.69, 9.17) is 14.2 Å². The molecule has 0 radical (unpaired) electrons. The van der Waals surface area contributed by atoms with Gasteiger partial charge in [0.2, 0.25) is 0 Å². The van der Waals surface area contributed by atoms with E-state index in [1.165, 1.54) is 0 Å². The van der Waals surface area contributed by atoms with Gasteiger partial charge in [-0.3, -0.25) is 4.79 Å². The van der Waals surface area contributed by atoms with Gasteiger partial charge in [-0.1, -0.05) is 30.3 Å². The van der Waals surface area contributed by atoms with Crippen LogP contribution in [0.1, 0.15) is 15.9 Å². The van der Waals surface area contributed by atoms with Crippen LogP contribution in [-0.2, 0) is 0 Å². The fraction of sp³-hybridized carbons (Fsp3) is 0.136. The number of rotatable bonds is 4. The van der Waals surface area contributed by atoms with Crippen LogP contribution < -0.4 is 14.2 Å². The Balaban J connectivity index is 1.55. The Morgan fingerprint density at radius 2 is 1.69 bits per heavy atom. The van der Waals surface area contributed by atoms with Gasteiger partial charge >= 0.3 is 0 Å². The van der Waals surface area contributed by atoms with Crippen molar-refractivity contribution < 1.29 is 19.0 Å². The zero-order chi connectivity index (χ0) is 17.9. The fourth-order valence-corrected chi connectivity index (χ4v) is 2.94. The molecule has 0 N–H and O–H groups in total. The molecule has 0 amide bonds. The van der Waals surface area contributed by atoms with Crippen molar-refractivity contribution in [3.63, 3.8) is 0 Å². The number of methoxy groups -OCH3 is 1. The first-order valence-corrected chi connectivity index (χ1v) is 8.43. The van der Waals surface area contributed by atoms with Crippen LogP contribution in [0.5, 0.6) is 17.2 Å². The summed E-state index contributed by atoms with van der Waals surface area (Å²) in [7, 11) is 1.64. The van der Waals surface area contributed by atoms with E-state index in [0.717, 1.165) is 27.8 Å². The van der Waals surface area contributed by atoms with E-state index < -0.39 is 0 Å². The van der Waals surface area contributed by atoms with E-state index in [9.17, 15) is 4.79 Å². The first-order valence-electron chi connectivity index (χ1n) is 8.43. The zero-order valence-electron chi connectivity index (χ0n) is 14.4. The highest BCUT2D eigenvalue weighted by Gasteiger charge is 2.11. The SMILES string of the molecule is COc1ccc2cc(C(=O)/C=C/c3ccc4c(c3)OCCO4)ccc2c1. The molecule has 0 unspecified atom stereocenters. The fourth-order valence-electron chi connectivity index (χ4n) is 2.94. The second-order valence-electron chi connectivity index (χ2n) is 6.03. The van der Waals surface area contributed by atoms with Gasteiger partial charge in [0.15, 0.2) is 17.3 Å². The van der Waals surface area contributed by atoms with Crippen LogP contribution >= 0.6 is 0 Å². The van der Waals surface area contributed by atoms with Crippen molar-refractivity contribution in [3.8, 4) is 17.2 Å². The van der Waals surface area contributed by atoms with E-state index in [-0.39, 0.29) is 5.78 Å². The molecule has 0 bridgehead atoms. The van der Waals surface area contributed by atoms with Crippen LogP contribution in [0.15, 0.2) is 60.7 Å². The summed E-state index contributed by atoms with van der Waals surface area (Å²) in [4.78, 5) is 12.5. The second-order valence-corrected chi connectivity index (χ2v) is 6.03. The topological polar surface area (TPSA) is 44.8 Å². The quantitative estimate of drug-likeness (QED) is 0.515. The average molecular weight is 346 g/mol. The molecule has 4 rings (SSSR count). The number of hydrogen-bond donors (Lipinski definition) is 0. The second kappa shape index (κ2) is 6.92. The number of allylic oxidation sites excluding steroid dienone is 1. The van der Waals surface area contributed by atoms with Crippen LogP contribution in [0.2, 0.25) is 0 Å². The molecule has 26 heavy (non-hydrogen) atoms. The average Bonchev–Trinajstić information content (AvgIpc) is 2.71. The summed E-state index contributed by atoms with van der Waals surface area (Å²) in [6.45, 7) is 1.11. The molecule has 1 aliphatic heterocycles. The summed E-state index contributed by atoms with van der Waals surface area (Å²) in [6.07, 6.45) is 3.37. The number of carbonyl (C=O) groups is 1. The third-order valence-corrected chi connectivity index (χ3v) is 4.33. The molecule has 4 heteroatoms. The first kappa shape index (κ1) is 16.2. The predicted molar refractivity (Wildman–Crippen MR) is 101 cm³/mol. The Kier molecular flexibility index (Phi) is 4.32. The van der Waals surface area contributed by atoms with Crippen molar-refractivity contribution >= 4 is 22.6 Å². The van der Waals surface area contributed by atoms with Gasteiger partial charge in [-0.15, -0.1) is 0 Å². The highest BCUT2D eigenvalue weighted by atomic mass is 16.6. The molecule has 3 aromatic rings. The molecule has 0 aromatic heterocycles. The lowest BCUT2D eigenvalue weighted by Crippen LogP contribution is -2.15. The Labute approximate surface area is 151 Å². The molecule has 0 saturated heterocycles. The van der Waals surface area contributed by atoms with Gasteiger partial charge in [0, 0.05) is 5.56 Å². The highest BCUT2D eigenvalue weighted by Crippen LogP contribution is 2.31. The van der Waals surface area contributed by atoms with Gasteiger partial charge in [0.1, 0.15) is 19.0 Å². The third-order valence-electron chi connectivity index (χ3n) is 4.33. The maximum Gasteiger partial charge on any atom is 0.185 e. The van der Waals surface area contributed by atoms with Crippen LogP contribution in [0.4, 0.5) is 0 Å². The lowest BCUT2D eigenvalue weighted by atomic mass is 10.0. The standard InChI is InChI=1S/C22H18O4/c1-24-19-7-6-16-13-18(5-4-17(16)14-19)20(23)8-2-15-3-9-21-22(12-15)26-11-10-25-21/h2-9,12-14H,10-11H2,1H3/b8-2+. The van der Waals surface area contributed by atoms with E-state index in [1.807, 2.05) is 54.6 Å². The van der Waals surface area contributed by atoms with Crippen LogP contribution in [0.3, 0.4) is 0 Å². The van der Waals surface area contributed by atoms with Crippen molar-refractivity contribution in [2.45, 2.75) is 0 Å². The molecule has 0 atom stereocenters. The van der Waals surface area contributed by atoms with Crippen LogP contribution in [0.25, 0.3) is 16.8 Å². The Morgan fingerprint density at radius 1 is 0.923 bits per heavy atom.